The first-order valence-corrected chi connectivity index (χ1v) is 14.1. The number of piperidine rings is 1. The molecule has 0 N–H and O–H groups in total. The number of hydrogen-bond acceptors (Lipinski definition) is 6. The van der Waals surface area contributed by atoms with E-state index in [1.807, 2.05) is 30.2 Å². The van der Waals surface area contributed by atoms with E-state index in [0.717, 1.165) is 18.4 Å². The molecule has 1 aromatic heterocycles. The van der Waals surface area contributed by atoms with Crippen LogP contribution in [-0.2, 0) is 21.4 Å². The van der Waals surface area contributed by atoms with Crippen LogP contribution in [0.1, 0.15) is 53.9 Å². The van der Waals surface area contributed by atoms with Gasteiger partial charge in [-0.15, -0.1) is 10.2 Å². The van der Waals surface area contributed by atoms with E-state index in [0.29, 0.717) is 36.4 Å². The van der Waals surface area contributed by atoms with Gasteiger partial charge in [-0.3, -0.25) is 4.79 Å². The zero-order chi connectivity index (χ0) is 24.2. The summed E-state index contributed by atoms with van der Waals surface area (Å²) in [7, 11) is -3.50. The number of thioether (sulfide) groups is 1. The molecular weight excluding hydrogens is 458 g/mol. The molecule has 1 aromatic carbocycles. The predicted octanol–water partition coefficient (Wildman–Crippen LogP) is 3.88. The van der Waals surface area contributed by atoms with E-state index < -0.39 is 10.0 Å². The van der Waals surface area contributed by atoms with Gasteiger partial charge >= 0.3 is 0 Å². The van der Waals surface area contributed by atoms with Crippen LogP contribution in [0.4, 0.5) is 0 Å². The van der Waals surface area contributed by atoms with Crippen molar-refractivity contribution in [2.24, 2.45) is 0 Å². The molecule has 8 nitrogen and oxygen atoms in total. The van der Waals surface area contributed by atoms with Gasteiger partial charge in [0.1, 0.15) is 0 Å². The molecule has 0 spiro atoms. The molecule has 0 saturated carbocycles. The number of carbonyl (C=O) groups is 1. The van der Waals surface area contributed by atoms with Crippen LogP contribution in [-0.4, -0.2) is 69.2 Å². The van der Waals surface area contributed by atoms with Gasteiger partial charge in [0.05, 0.1) is 10.6 Å². The number of nitrogens with zero attached hydrogens (tertiary/aromatic N) is 5. The fourth-order valence-corrected chi connectivity index (χ4v) is 6.83. The Hall–Kier alpha value is -1.91. The highest BCUT2D eigenvalue weighted by molar-refractivity contribution is 7.99. The Morgan fingerprint density at radius 2 is 1.67 bits per heavy atom. The van der Waals surface area contributed by atoms with Crippen LogP contribution in [0.25, 0.3) is 11.4 Å². The largest absolute Gasteiger partial charge is 0.337 e. The molecule has 2 atom stereocenters. The molecule has 33 heavy (non-hydrogen) atoms. The minimum absolute atomic E-state index is 0.137. The maximum atomic E-state index is 12.9. The molecule has 10 heteroatoms. The molecule has 182 valence electrons. The Morgan fingerprint density at radius 3 is 2.21 bits per heavy atom. The second-order valence-electron chi connectivity index (χ2n) is 8.38. The summed E-state index contributed by atoms with van der Waals surface area (Å²) in [6.07, 6.45) is 3.27. The van der Waals surface area contributed by atoms with Crippen molar-refractivity contribution in [1.82, 2.24) is 24.0 Å². The maximum absolute atomic E-state index is 12.9. The molecule has 2 aromatic rings. The third-order valence-electron chi connectivity index (χ3n) is 6.30. The summed E-state index contributed by atoms with van der Waals surface area (Å²) >= 11 is 1.41. The predicted molar refractivity (Wildman–Crippen MR) is 132 cm³/mol. The van der Waals surface area contributed by atoms with Crippen LogP contribution in [0, 0.1) is 0 Å². The zero-order valence-corrected chi connectivity index (χ0v) is 21.8. The quantitative estimate of drug-likeness (QED) is 0.493. The highest BCUT2D eigenvalue weighted by atomic mass is 32.2. The summed E-state index contributed by atoms with van der Waals surface area (Å²) in [6, 6.07) is 7.31. The van der Waals surface area contributed by atoms with Gasteiger partial charge < -0.3 is 9.47 Å². The van der Waals surface area contributed by atoms with Crippen LogP contribution < -0.4 is 0 Å². The van der Waals surface area contributed by atoms with E-state index in [2.05, 4.69) is 24.0 Å². The van der Waals surface area contributed by atoms with Crippen LogP contribution in [0.2, 0.25) is 0 Å². The molecule has 0 aliphatic carbocycles. The normalized spacial score (nSPS) is 19.3. The minimum atomic E-state index is -3.50. The number of carbonyl (C=O) groups excluding carboxylic acids is 1. The lowest BCUT2D eigenvalue weighted by Crippen LogP contribution is -2.48. The van der Waals surface area contributed by atoms with Crippen LogP contribution in [0.5, 0.6) is 0 Å². The van der Waals surface area contributed by atoms with Crippen molar-refractivity contribution in [3.63, 3.8) is 0 Å². The Bertz CT molecular complexity index is 1040. The van der Waals surface area contributed by atoms with Gasteiger partial charge in [-0.2, -0.15) is 4.31 Å². The van der Waals surface area contributed by atoms with Gasteiger partial charge in [0, 0.05) is 37.3 Å². The topological polar surface area (TPSA) is 88.4 Å². The SMILES string of the molecule is CCN(CC)S(=O)(=O)c1ccc(-c2nnc(SCC(=O)N3[C@H](C)CCC[C@H]3C)n2CC)cc1. The Labute approximate surface area is 201 Å². The van der Waals surface area contributed by atoms with Gasteiger partial charge in [0.25, 0.3) is 0 Å². The van der Waals surface area contributed by atoms with Crippen LogP contribution in [0.15, 0.2) is 34.3 Å². The highest BCUT2D eigenvalue weighted by Crippen LogP contribution is 2.28. The molecule has 1 amide bonds. The van der Waals surface area contributed by atoms with E-state index in [9.17, 15) is 13.2 Å². The number of sulfonamides is 1. The third-order valence-corrected chi connectivity index (χ3v) is 9.31. The number of amides is 1. The second-order valence-corrected chi connectivity index (χ2v) is 11.3. The lowest BCUT2D eigenvalue weighted by atomic mass is 9.98. The summed E-state index contributed by atoms with van der Waals surface area (Å²) in [5.41, 5.74) is 0.791. The Morgan fingerprint density at radius 1 is 1.06 bits per heavy atom. The Kier molecular flexibility index (Phi) is 8.58. The lowest BCUT2D eigenvalue weighted by Gasteiger charge is -2.39. The van der Waals surface area contributed by atoms with Crippen molar-refractivity contribution in [3.05, 3.63) is 24.3 Å². The van der Waals surface area contributed by atoms with E-state index in [4.69, 9.17) is 0 Å². The monoisotopic (exact) mass is 493 g/mol. The molecule has 1 saturated heterocycles. The highest BCUT2D eigenvalue weighted by Gasteiger charge is 2.29. The number of aromatic nitrogens is 3. The first-order chi connectivity index (χ1) is 15.7. The average Bonchev–Trinajstić information content (AvgIpc) is 3.21. The van der Waals surface area contributed by atoms with Gasteiger partial charge in [-0.1, -0.05) is 25.6 Å². The summed E-state index contributed by atoms with van der Waals surface area (Å²) < 4.78 is 28.9. The summed E-state index contributed by atoms with van der Waals surface area (Å²) in [5.74, 6) is 1.13. The van der Waals surface area contributed by atoms with E-state index in [1.165, 1.54) is 22.5 Å². The van der Waals surface area contributed by atoms with Crippen molar-refractivity contribution < 1.29 is 13.2 Å². The van der Waals surface area contributed by atoms with Gasteiger partial charge in [0.2, 0.25) is 15.9 Å². The molecule has 1 aliphatic rings. The number of hydrogen-bond donors (Lipinski definition) is 0. The number of likely N-dealkylation sites (tertiary alicyclic amines) is 1. The first kappa shape index (κ1) is 25.7. The number of benzene rings is 1. The maximum Gasteiger partial charge on any atom is 0.243 e. The summed E-state index contributed by atoms with van der Waals surface area (Å²) in [5, 5.41) is 9.36. The molecular formula is C23H35N5O3S2. The average molecular weight is 494 g/mol. The van der Waals surface area contributed by atoms with Crippen LogP contribution >= 0.6 is 11.8 Å². The van der Waals surface area contributed by atoms with E-state index in [1.54, 1.807) is 24.3 Å². The van der Waals surface area contributed by atoms with E-state index >= 15 is 0 Å². The van der Waals surface area contributed by atoms with Crippen LogP contribution in [0.3, 0.4) is 0 Å². The second kappa shape index (κ2) is 11.0. The fraction of sp³-hybridized carbons (Fsp3) is 0.609. The molecule has 1 fully saturated rings. The fourth-order valence-electron chi connectivity index (χ4n) is 4.50. The van der Waals surface area contributed by atoms with Crippen molar-refractivity contribution in [2.75, 3.05) is 18.8 Å². The third kappa shape index (κ3) is 5.44. The number of rotatable bonds is 9. The first-order valence-electron chi connectivity index (χ1n) is 11.7. The van der Waals surface area contributed by atoms with Gasteiger partial charge in [-0.25, -0.2) is 8.42 Å². The molecule has 0 bridgehead atoms. The zero-order valence-electron chi connectivity index (χ0n) is 20.2. The van der Waals surface area contributed by atoms with Crippen molar-refractivity contribution >= 4 is 27.7 Å². The van der Waals surface area contributed by atoms with Gasteiger partial charge in [0.15, 0.2) is 11.0 Å². The molecule has 0 radical (unpaired) electrons. The molecule has 3 rings (SSSR count). The molecule has 2 heterocycles. The summed E-state index contributed by atoms with van der Waals surface area (Å²) in [6.45, 7) is 11.4. The smallest absolute Gasteiger partial charge is 0.243 e. The minimum Gasteiger partial charge on any atom is -0.337 e. The lowest BCUT2D eigenvalue weighted by molar-refractivity contribution is -0.134. The van der Waals surface area contributed by atoms with Crippen molar-refractivity contribution in [3.8, 4) is 11.4 Å². The molecule has 0 unspecified atom stereocenters. The van der Waals surface area contributed by atoms with Gasteiger partial charge in [-0.05, 0) is 64.3 Å². The summed E-state index contributed by atoms with van der Waals surface area (Å²) in [4.78, 5) is 15.2. The van der Waals surface area contributed by atoms with Crippen molar-refractivity contribution in [1.29, 1.82) is 0 Å². The standard InChI is InChI=1S/C23H35N5O3S2/c1-6-26(7-2)33(30,31)20-14-12-19(13-15-20)22-24-25-23(27(22)8-3)32-16-21(29)28-17(4)10-9-11-18(28)5/h12-15,17-18H,6-11,16H2,1-5H3/t17-,18-/m1/s1. The van der Waals surface area contributed by atoms with E-state index in [-0.39, 0.29) is 22.9 Å². The van der Waals surface area contributed by atoms with Crippen molar-refractivity contribution in [2.45, 2.75) is 82.6 Å². The Balaban J connectivity index is 1.76. The molecule has 1 aliphatic heterocycles.